The summed E-state index contributed by atoms with van der Waals surface area (Å²) in [5, 5.41) is 9.90. The summed E-state index contributed by atoms with van der Waals surface area (Å²) in [6, 6.07) is 10.5. The average molecular weight is 315 g/mol. The number of hydrogen-bond acceptors (Lipinski definition) is 5. The van der Waals surface area contributed by atoms with E-state index in [1.165, 1.54) is 0 Å². The molecule has 0 fully saturated rings. The molecule has 0 amide bonds. The zero-order valence-corrected chi connectivity index (χ0v) is 13.6. The summed E-state index contributed by atoms with van der Waals surface area (Å²) in [5.74, 6) is 2.13. The van der Waals surface area contributed by atoms with Crippen LogP contribution in [-0.2, 0) is 0 Å². The largest absolute Gasteiger partial charge is 0.507 e. The summed E-state index contributed by atoms with van der Waals surface area (Å²) < 4.78 is 16.2. The third-order valence-electron chi connectivity index (χ3n) is 3.11. The molecule has 23 heavy (non-hydrogen) atoms. The number of phenolic OH excluding ortho intramolecular Hbond substituents is 1. The van der Waals surface area contributed by atoms with Crippen molar-refractivity contribution in [1.82, 2.24) is 0 Å². The van der Waals surface area contributed by atoms with E-state index in [1.54, 1.807) is 37.6 Å². The average Bonchev–Trinajstić information content (AvgIpc) is 2.56. The van der Waals surface area contributed by atoms with Gasteiger partial charge in [-0.1, -0.05) is 0 Å². The SMILES string of the molecule is CCOc1ccc(O)c(C=Nc2ccc(OCC)c(OC)c2)c1. The van der Waals surface area contributed by atoms with Crippen molar-refractivity contribution in [2.24, 2.45) is 4.99 Å². The third kappa shape index (κ3) is 4.39. The fourth-order valence-electron chi connectivity index (χ4n) is 2.05. The topological polar surface area (TPSA) is 60.3 Å². The van der Waals surface area contributed by atoms with Crippen molar-refractivity contribution < 1.29 is 19.3 Å². The molecule has 122 valence electrons. The Morgan fingerprint density at radius 1 is 1.00 bits per heavy atom. The van der Waals surface area contributed by atoms with E-state index in [1.807, 2.05) is 26.0 Å². The number of benzene rings is 2. The Morgan fingerprint density at radius 3 is 2.48 bits per heavy atom. The molecule has 0 saturated heterocycles. The van der Waals surface area contributed by atoms with E-state index >= 15 is 0 Å². The summed E-state index contributed by atoms with van der Waals surface area (Å²) in [7, 11) is 1.59. The first-order valence-electron chi connectivity index (χ1n) is 7.48. The van der Waals surface area contributed by atoms with Gasteiger partial charge >= 0.3 is 0 Å². The molecule has 0 aliphatic heterocycles. The Morgan fingerprint density at radius 2 is 1.78 bits per heavy atom. The predicted molar refractivity (Wildman–Crippen MR) is 90.7 cm³/mol. The van der Waals surface area contributed by atoms with Crippen LogP contribution in [-0.4, -0.2) is 31.6 Å². The van der Waals surface area contributed by atoms with Crippen LogP contribution >= 0.6 is 0 Å². The normalized spacial score (nSPS) is 10.7. The number of ether oxygens (including phenoxy) is 3. The maximum absolute atomic E-state index is 9.90. The minimum absolute atomic E-state index is 0.148. The van der Waals surface area contributed by atoms with Crippen LogP contribution in [0.1, 0.15) is 19.4 Å². The smallest absolute Gasteiger partial charge is 0.162 e. The molecule has 0 saturated carbocycles. The number of aromatic hydroxyl groups is 1. The third-order valence-corrected chi connectivity index (χ3v) is 3.11. The first kappa shape index (κ1) is 16.7. The minimum Gasteiger partial charge on any atom is -0.507 e. The van der Waals surface area contributed by atoms with Gasteiger partial charge in [-0.25, -0.2) is 0 Å². The van der Waals surface area contributed by atoms with Gasteiger partial charge in [-0.3, -0.25) is 4.99 Å². The molecule has 0 spiro atoms. The molecule has 2 aromatic rings. The summed E-state index contributed by atoms with van der Waals surface area (Å²) in [6.45, 7) is 4.96. The Hall–Kier alpha value is -2.69. The Labute approximate surface area is 136 Å². The van der Waals surface area contributed by atoms with E-state index in [2.05, 4.69) is 4.99 Å². The van der Waals surface area contributed by atoms with E-state index in [0.29, 0.717) is 41.7 Å². The summed E-state index contributed by atoms with van der Waals surface area (Å²) in [4.78, 5) is 4.37. The fourth-order valence-corrected chi connectivity index (χ4v) is 2.05. The number of methoxy groups -OCH3 is 1. The molecule has 0 radical (unpaired) electrons. The van der Waals surface area contributed by atoms with E-state index in [4.69, 9.17) is 14.2 Å². The standard InChI is InChI=1S/C18H21NO4/c1-4-22-15-7-8-16(20)13(10-15)12-19-14-6-9-17(23-5-2)18(11-14)21-3/h6-12,20H,4-5H2,1-3H3. The van der Waals surface area contributed by atoms with Crippen LogP contribution in [0.5, 0.6) is 23.0 Å². The van der Waals surface area contributed by atoms with Crippen molar-refractivity contribution in [3.8, 4) is 23.0 Å². The van der Waals surface area contributed by atoms with Crippen molar-refractivity contribution in [2.75, 3.05) is 20.3 Å². The highest BCUT2D eigenvalue weighted by molar-refractivity contribution is 5.86. The molecule has 2 rings (SSSR count). The quantitative estimate of drug-likeness (QED) is 0.786. The molecule has 0 aliphatic carbocycles. The zero-order chi connectivity index (χ0) is 16.7. The van der Waals surface area contributed by atoms with Gasteiger partial charge in [0.2, 0.25) is 0 Å². The van der Waals surface area contributed by atoms with Gasteiger partial charge in [0.1, 0.15) is 11.5 Å². The van der Waals surface area contributed by atoms with Crippen LogP contribution in [0.4, 0.5) is 5.69 Å². The molecular weight excluding hydrogens is 294 g/mol. The van der Waals surface area contributed by atoms with Crippen LogP contribution in [0.3, 0.4) is 0 Å². The lowest BCUT2D eigenvalue weighted by atomic mass is 10.2. The molecule has 1 N–H and O–H groups in total. The Kier molecular flexibility index (Phi) is 5.86. The molecule has 5 nitrogen and oxygen atoms in total. The lowest BCUT2D eigenvalue weighted by Crippen LogP contribution is -1.94. The monoisotopic (exact) mass is 315 g/mol. The van der Waals surface area contributed by atoms with Gasteiger partial charge in [0.05, 0.1) is 26.0 Å². The Bertz CT molecular complexity index is 683. The molecular formula is C18H21NO4. The van der Waals surface area contributed by atoms with Gasteiger partial charge in [0, 0.05) is 17.8 Å². The molecule has 5 heteroatoms. The summed E-state index contributed by atoms with van der Waals surface area (Å²) >= 11 is 0. The molecule has 0 unspecified atom stereocenters. The van der Waals surface area contributed by atoms with Gasteiger partial charge in [-0.15, -0.1) is 0 Å². The van der Waals surface area contributed by atoms with Gasteiger partial charge in [-0.2, -0.15) is 0 Å². The van der Waals surface area contributed by atoms with Crippen molar-refractivity contribution in [1.29, 1.82) is 0 Å². The lowest BCUT2D eigenvalue weighted by molar-refractivity contribution is 0.311. The number of hydrogen-bond donors (Lipinski definition) is 1. The van der Waals surface area contributed by atoms with E-state index in [9.17, 15) is 5.11 Å². The minimum atomic E-state index is 0.148. The molecule has 2 aromatic carbocycles. The molecule has 0 aromatic heterocycles. The van der Waals surface area contributed by atoms with Crippen LogP contribution in [0.25, 0.3) is 0 Å². The second-order valence-corrected chi connectivity index (χ2v) is 4.68. The van der Waals surface area contributed by atoms with Crippen molar-refractivity contribution in [3.63, 3.8) is 0 Å². The lowest BCUT2D eigenvalue weighted by Gasteiger charge is -2.09. The van der Waals surface area contributed by atoms with Gasteiger partial charge in [0.25, 0.3) is 0 Å². The van der Waals surface area contributed by atoms with Crippen LogP contribution in [0.2, 0.25) is 0 Å². The number of nitrogens with zero attached hydrogens (tertiary/aromatic N) is 1. The van der Waals surface area contributed by atoms with Gasteiger partial charge in [0.15, 0.2) is 11.5 Å². The van der Waals surface area contributed by atoms with Gasteiger partial charge in [-0.05, 0) is 44.2 Å². The van der Waals surface area contributed by atoms with Crippen LogP contribution in [0.15, 0.2) is 41.4 Å². The second-order valence-electron chi connectivity index (χ2n) is 4.68. The Balaban J connectivity index is 2.24. The second kappa shape index (κ2) is 8.08. The van der Waals surface area contributed by atoms with Crippen molar-refractivity contribution >= 4 is 11.9 Å². The molecule has 0 aliphatic rings. The maximum atomic E-state index is 9.90. The predicted octanol–water partition coefficient (Wildman–Crippen LogP) is 3.95. The van der Waals surface area contributed by atoms with Crippen molar-refractivity contribution in [2.45, 2.75) is 13.8 Å². The molecule has 0 atom stereocenters. The van der Waals surface area contributed by atoms with Gasteiger partial charge < -0.3 is 19.3 Å². The highest BCUT2D eigenvalue weighted by Gasteiger charge is 2.05. The highest BCUT2D eigenvalue weighted by Crippen LogP contribution is 2.31. The zero-order valence-electron chi connectivity index (χ0n) is 13.6. The number of aliphatic imine (C=N–C) groups is 1. The fraction of sp³-hybridized carbons (Fsp3) is 0.278. The molecule has 0 heterocycles. The van der Waals surface area contributed by atoms with Crippen LogP contribution < -0.4 is 14.2 Å². The van der Waals surface area contributed by atoms with E-state index in [-0.39, 0.29) is 5.75 Å². The first-order valence-corrected chi connectivity index (χ1v) is 7.48. The van der Waals surface area contributed by atoms with Crippen molar-refractivity contribution in [3.05, 3.63) is 42.0 Å². The summed E-state index contributed by atoms with van der Waals surface area (Å²) in [5.41, 5.74) is 1.29. The molecule has 0 bridgehead atoms. The highest BCUT2D eigenvalue weighted by atomic mass is 16.5. The number of phenols is 1. The van der Waals surface area contributed by atoms with Crippen LogP contribution in [0, 0.1) is 0 Å². The number of rotatable bonds is 7. The summed E-state index contributed by atoms with van der Waals surface area (Å²) in [6.07, 6.45) is 1.59. The van der Waals surface area contributed by atoms with E-state index in [0.717, 1.165) is 0 Å². The first-order chi connectivity index (χ1) is 11.2. The van der Waals surface area contributed by atoms with E-state index < -0.39 is 0 Å². The maximum Gasteiger partial charge on any atom is 0.162 e.